The predicted octanol–water partition coefficient (Wildman–Crippen LogP) is 6.54. The van der Waals surface area contributed by atoms with E-state index in [1.807, 2.05) is 48.5 Å². The van der Waals surface area contributed by atoms with Crippen LogP contribution in [-0.4, -0.2) is 43.3 Å². The lowest BCUT2D eigenvalue weighted by molar-refractivity contribution is -0.644. The Morgan fingerprint density at radius 2 is 1.43 bits per heavy atom. The number of anilines is 3. The number of pyridine rings is 1. The van der Waals surface area contributed by atoms with Gasteiger partial charge in [-0.25, -0.2) is 13.0 Å². The van der Waals surface area contributed by atoms with Crippen LogP contribution in [0.15, 0.2) is 85.1 Å². The lowest BCUT2D eigenvalue weighted by Crippen LogP contribution is -2.28. The Morgan fingerprint density at radius 3 is 1.95 bits per heavy atom. The van der Waals surface area contributed by atoms with Crippen molar-refractivity contribution in [3.63, 3.8) is 0 Å². The zero-order chi connectivity index (χ0) is 29.3. The number of alkyl halides is 5. The first-order valence-electron chi connectivity index (χ1n) is 11.8. The average Bonchev–Trinajstić information content (AvgIpc) is 2.91. The summed E-state index contributed by atoms with van der Waals surface area (Å²) < 4.78 is 67.0. The first-order chi connectivity index (χ1) is 18.9. The highest BCUT2D eigenvalue weighted by molar-refractivity contribution is 7.86. The van der Waals surface area contributed by atoms with Crippen molar-refractivity contribution in [1.82, 2.24) is 0 Å². The number of nitrogens with zero attached hydrogens (tertiary/aromatic N) is 2. The Hall–Kier alpha value is -3.25. The fourth-order valence-electron chi connectivity index (χ4n) is 3.67. The summed E-state index contributed by atoms with van der Waals surface area (Å²) in [6.07, 6.45) is 2.06. The van der Waals surface area contributed by atoms with Gasteiger partial charge in [0.1, 0.15) is 18.5 Å². The maximum Gasteiger partial charge on any atom is 0.485 e. The number of ether oxygens (including phenoxy) is 1. The van der Waals surface area contributed by atoms with Crippen molar-refractivity contribution < 1.29 is 35.4 Å². The maximum atomic E-state index is 10.7. The number of para-hydroxylation sites is 1. The molecule has 0 atom stereocenters. The van der Waals surface area contributed by atoms with Crippen molar-refractivity contribution in [3.05, 3.63) is 85.1 Å². The average molecular weight is 616 g/mol. The summed E-state index contributed by atoms with van der Waals surface area (Å²) in [6.45, 7) is 1.52. The second-order valence-electron chi connectivity index (χ2n) is 8.37. The molecular weight excluding hydrogens is 590 g/mol. The molecule has 13 heteroatoms. The van der Waals surface area contributed by atoms with Crippen LogP contribution < -0.4 is 19.5 Å². The molecule has 1 heterocycles. The fourth-order valence-corrected chi connectivity index (χ4v) is 4.08. The van der Waals surface area contributed by atoms with E-state index in [0.29, 0.717) is 11.8 Å². The molecule has 0 aliphatic carbocycles. The SMILES string of the molecule is C[n+]1ccc(Nc2ccc(Oc3ccc(N(CCCl)CCCl)cc3)cc2)c2ccccc21.O=S(=O)([O-])C(F)(F)F. The Morgan fingerprint density at radius 1 is 0.900 bits per heavy atom. The third-order valence-electron chi connectivity index (χ3n) is 5.60. The second kappa shape index (κ2) is 13.9. The van der Waals surface area contributed by atoms with Gasteiger partial charge in [0, 0.05) is 48.4 Å². The predicted molar refractivity (Wildman–Crippen MR) is 151 cm³/mol. The molecule has 1 aromatic heterocycles. The van der Waals surface area contributed by atoms with Gasteiger partial charge in [-0.05, 0) is 54.6 Å². The first kappa shape index (κ1) is 31.3. The van der Waals surface area contributed by atoms with Gasteiger partial charge < -0.3 is 19.5 Å². The third kappa shape index (κ3) is 8.62. The number of fused-ring (bicyclic) bond motifs is 1. The van der Waals surface area contributed by atoms with E-state index < -0.39 is 15.6 Å². The Balaban J connectivity index is 0.000000482. The highest BCUT2D eigenvalue weighted by Gasteiger charge is 2.36. The van der Waals surface area contributed by atoms with E-state index in [-0.39, 0.29) is 0 Å². The van der Waals surface area contributed by atoms with Gasteiger partial charge >= 0.3 is 5.51 Å². The molecule has 3 aromatic carbocycles. The fraction of sp³-hybridized carbons (Fsp3) is 0.222. The van der Waals surface area contributed by atoms with Crippen molar-refractivity contribution in [2.24, 2.45) is 7.05 Å². The summed E-state index contributed by atoms with van der Waals surface area (Å²) >= 11 is 11.8. The van der Waals surface area contributed by atoms with Crippen LogP contribution in [-0.2, 0) is 17.2 Å². The van der Waals surface area contributed by atoms with Gasteiger partial charge in [0.15, 0.2) is 16.3 Å². The van der Waals surface area contributed by atoms with Crippen molar-refractivity contribution >= 4 is 61.3 Å². The van der Waals surface area contributed by atoms with Gasteiger partial charge in [-0.2, -0.15) is 13.2 Å². The zero-order valence-corrected chi connectivity index (χ0v) is 23.6. The maximum absolute atomic E-state index is 10.7. The van der Waals surface area contributed by atoms with Crippen LogP contribution >= 0.6 is 23.2 Å². The number of aryl methyl sites for hydroxylation is 1. The van der Waals surface area contributed by atoms with Crippen LogP contribution in [0.5, 0.6) is 11.5 Å². The van der Waals surface area contributed by atoms with E-state index >= 15 is 0 Å². The molecule has 0 aliphatic rings. The number of hydrogen-bond donors (Lipinski definition) is 1. The van der Waals surface area contributed by atoms with Gasteiger partial charge in [0.25, 0.3) is 0 Å². The van der Waals surface area contributed by atoms with E-state index in [9.17, 15) is 13.2 Å². The van der Waals surface area contributed by atoms with Gasteiger partial charge in [-0.1, -0.05) is 12.1 Å². The van der Waals surface area contributed by atoms with Crippen LogP contribution in [0.2, 0.25) is 0 Å². The molecule has 0 saturated carbocycles. The highest BCUT2D eigenvalue weighted by atomic mass is 35.5. The van der Waals surface area contributed by atoms with Gasteiger partial charge in [-0.3, -0.25) is 0 Å². The van der Waals surface area contributed by atoms with Gasteiger partial charge in [0.05, 0.1) is 11.1 Å². The molecule has 0 spiro atoms. The lowest BCUT2D eigenvalue weighted by atomic mass is 10.1. The Bertz CT molecular complexity index is 1500. The lowest BCUT2D eigenvalue weighted by Gasteiger charge is -2.23. The van der Waals surface area contributed by atoms with E-state index in [1.165, 1.54) is 10.9 Å². The summed E-state index contributed by atoms with van der Waals surface area (Å²) in [5.74, 6) is 2.69. The van der Waals surface area contributed by atoms with Crippen molar-refractivity contribution in [2.75, 3.05) is 35.1 Å². The van der Waals surface area contributed by atoms with E-state index in [2.05, 4.69) is 58.4 Å². The number of rotatable bonds is 9. The molecule has 4 aromatic rings. The largest absolute Gasteiger partial charge is 0.741 e. The minimum absolute atomic E-state index is 0.562. The van der Waals surface area contributed by atoms with Crippen molar-refractivity contribution in [1.29, 1.82) is 0 Å². The molecule has 214 valence electrons. The van der Waals surface area contributed by atoms with Crippen molar-refractivity contribution in [2.45, 2.75) is 5.51 Å². The van der Waals surface area contributed by atoms with Crippen LogP contribution in [0.1, 0.15) is 0 Å². The number of halogens is 5. The topological polar surface area (TPSA) is 85.6 Å². The Labute approximate surface area is 240 Å². The van der Waals surface area contributed by atoms with Crippen molar-refractivity contribution in [3.8, 4) is 11.5 Å². The minimum Gasteiger partial charge on any atom is -0.741 e. The van der Waals surface area contributed by atoms with Crippen LogP contribution in [0.4, 0.5) is 30.2 Å². The summed E-state index contributed by atoms with van der Waals surface area (Å²) in [5.41, 5.74) is -1.31. The number of benzene rings is 3. The first-order valence-corrected chi connectivity index (χ1v) is 14.3. The Kier molecular flexibility index (Phi) is 10.9. The summed E-state index contributed by atoms with van der Waals surface area (Å²) in [6, 6.07) is 26.4. The molecule has 7 nitrogen and oxygen atoms in total. The zero-order valence-electron chi connectivity index (χ0n) is 21.2. The van der Waals surface area contributed by atoms with E-state index in [1.54, 1.807) is 0 Å². The minimum atomic E-state index is -6.09. The summed E-state index contributed by atoms with van der Waals surface area (Å²) in [7, 11) is -4.04. The number of aromatic nitrogens is 1. The molecule has 4 rings (SSSR count). The second-order valence-corrected chi connectivity index (χ2v) is 10.5. The molecule has 0 saturated heterocycles. The van der Waals surface area contributed by atoms with Gasteiger partial charge in [0.2, 0.25) is 5.52 Å². The summed E-state index contributed by atoms with van der Waals surface area (Å²) in [4.78, 5) is 2.16. The summed E-state index contributed by atoms with van der Waals surface area (Å²) in [5, 5.41) is 4.69. The van der Waals surface area contributed by atoms with E-state index in [4.69, 9.17) is 40.9 Å². The monoisotopic (exact) mass is 615 g/mol. The number of hydrogen-bond acceptors (Lipinski definition) is 6. The van der Waals surface area contributed by atoms with Gasteiger partial charge in [-0.15, -0.1) is 23.2 Å². The highest BCUT2D eigenvalue weighted by Crippen LogP contribution is 2.28. The molecule has 40 heavy (non-hydrogen) atoms. The molecular formula is C27H26Cl2F3N3O4S. The molecule has 1 N–H and O–H groups in total. The standard InChI is InChI=1S/C26H25Cl2N3O.CHF3O3S/c1-30-17-14-25(24-4-2-3-5-26(24)30)29-20-6-10-22(11-7-20)32-23-12-8-21(9-13-23)31(18-15-27)19-16-28;2-1(3,4)8(5,6)7/h2-14,17H,15-16,18-19H2,1H3;(H,5,6,7). The molecule has 0 unspecified atom stereocenters. The van der Waals surface area contributed by atoms with Crippen LogP contribution in [0.3, 0.4) is 0 Å². The van der Waals surface area contributed by atoms with Crippen LogP contribution in [0.25, 0.3) is 10.9 Å². The van der Waals surface area contributed by atoms with E-state index in [0.717, 1.165) is 41.7 Å². The number of nitrogens with one attached hydrogen (secondary N) is 1. The molecule has 0 fully saturated rings. The third-order valence-corrected chi connectivity index (χ3v) is 6.51. The normalized spacial score (nSPS) is 11.5. The quantitative estimate of drug-likeness (QED) is 0.0996. The smallest absolute Gasteiger partial charge is 0.485 e. The molecule has 0 radical (unpaired) electrons. The van der Waals surface area contributed by atoms with Crippen LogP contribution in [0, 0.1) is 0 Å². The molecule has 0 amide bonds. The molecule has 0 bridgehead atoms. The molecule has 0 aliphatic heterocycles.